The second kappa shape index (κ2) is 6.08. The van der Waals surface area contributed by atoms with E-state index in [1.165, 1.54) is 18.3 Å². The summed E-state index contributed by atoms with van der Waals surface area (Å²) in [7, 11) is 0. The van der Waals surface area contributed by atoms with E-state index >= 15 is 0 Å². The molecule has 5 nitrogen and oxygen atoms in total. The van der Waals surface area contributed by atoms with Crippen molar-refractivity contribution < 1.29 is 13.9 Å². The lowest BCUT2D eigenvalue weighted by atomic mass is 10.2. The molecule has 0 aliphatic rings. The summed E-state index contributed by atoms with van der Waals surface area (Å²) in [6, 6.07) is 6.01. The van der Waals surface area contributed by atoms with Gasteiger partial charge in [-0.25, -0.2) is 18.9 Å². The smallest absolute Gasteiger partial charge is 0.345 e. The Labute approximate surface area is 140 Å². The Morgan fingerprint density at radius 1 is 1.30 bits per heavy atom. The molecule has 2 aromatic heterocycles. The van der Waals surface area contributed by atoms with E-state index in [1.54, 1.807) is 23.0 Å². The summed E-state index contributed by atoms with van der Waals surface area (Å²) in [6.45, 7) is 3.99. The van der Waals surface area contributed by atoms with E-state index in [0.717, 1.165) is 5.39 Å². The molecule has 0 atom stereocenters. The van der Waals surface area contributed by atoms with Crippen molar-refractivity contribution >= 4 is 32.9 Å². The van der Waals surface area contributed by atoms with Crippen molar-refractivity contribution in [1.82, 2.24) is 14.8 Å². The molecule has 0 saturated carbocycles. The Hall–Kier alpha value is -2.28. The van der Waals surface area contributed by atoms with E-state index in [9.17, 15) is 9.18 Å². The Morgan fingerprint density at radius 3 is 2.78 bits per heavy atom. The molecule has 2 heterocycles. The minimum atomic E-state index is -0.669. The van der Waals surface area contributed by atoms with Gasteiger partial charge in [0.05, 0.1) is 11.8 Å². The fourth-order valence-corrected chi connectivity index (χ4v) is 2.48. The third-order valence-electron chi connectivity index (χ3n) is 3.25. The first kappa shape index (κ1) is 15.6. The van der Waals surface area contributed by atoms with Crippen LogP contribution in [0.3, 0.4) is 0 Å². The Morgan fingerprint density at radius 2 is 2.09 bits per heavy atom. The molecule has 0 fully saturated rings. The van der Waals surface area contributed by atoms with Crippen LogP contribution < -0.4 is 4.74 Å². The summed E-state index contributed by atoms with van der Waals surface area (Å²) < 4.78 is 21.2. The lowest BCUT2D eigenvalue weighted by Gasteiger charge is -2.07. The minimum absolute atomic E-state index is 0.129. The number of hydrogen-bond acceptors (Lipinski definition) is 4. The van der Waals surface area contributed by atoms with Gasteiger partial charge in [-0.15, -0.1) is 0 Å². The number of halogens is 2. The highest BCUT2D eigenvalue weighted by molar-refractivity contribution is 9.10. The van der Waals surface area contributed by atoms with Crippen LogP contribution in [0.25, 0.3) is 11.0 Å². The second-order valence-electron chi connectivity index (χ2n) is 5.28. The first-order valence-electron chi connectivity index (χ1n) is 6.96. The van der Waals surface area contributed by atoms with Crippen LogP contribution in [0.1, 0.15) is 30.2 Å². The molecule has 3 rings (SSSR count). The zero-order valence-electron chi connectivity index (χ0n) is 12.5. The third kappa shape index (κ3) is 3.10. The van der Waals surface area contributed by atoms with E-state index < -0.39 is 11.8 Å². The molecule has 23 heavy (non-hydrogen) atoms. The van der Waals surface area contributed by atoms with E-state index in [1.807, 2.05) is 13.8 Å². The highest BCUT2D eigenvalue weighted by atomic mass is 79.9. The molecule has 0 bridgehead atoms. The summed E-state index contributed by atoms with van der Waals surface area (Å²) >= 11 is 3.15. The van der Waals surface area contributed by atoms with Gasteiger partial charge in [-0.05, 0) is 38.1 Å². The van der Waals surface area contributed by atoms with Crippen LogP contribution in [0.5, 0.6) is 5.75 Å². The molecule has 0 aliphatic heterocycles. The number of fused-ring (bicyclic) bond motifs is 1. The van der Waals surface area contributed by atoms with Crippen molar-refractivity contribution in [3.05, 3.63) is 52.5 Å². The largest absolute Gasteiger partial charge is 0.420 e. The summed E-state index contributed by atoms with van der Waals surface area (Å²) in [4.78, 5) is 16.4. The normalized spacial score (nSPS) is 11.2. The summed E-state index contributed by atoms with van der Waals surface area (Å²) in [6.07, 6.45) is 3.04. The highest BCUT2D eigenvalue weighted by Gasteiger charge is 2.15. The molecular formula is C16H13BrFN3O2. The van der Waals surface area contributed by atoms with Crippen molar-refractivity contribution in [3.8, 4) is 5.75 Å². The number of carbonyl (C=O) groups is 1. The van der Waals surface area contributed by atoms with Crippen LogP contribution in [0.4, 0.5) is 4.39 Å². The van der Waals surface area contributed by atoms with Gasteiger partial charge < -0.3 is 4.74 Å². The molecule has 0 aliphatic carbocycles. The molecule has 118 valence electrons. The van der Waals surface area contributed by atoms with Crippen LogP contribution in [-0.2, 0) is 0 Å². The van der Waals surface area contributed by atoms with Gasteiger partial charge in [0.2, 0.25) is 0 Å². The zero-order valence-corrected chi connectivity index (χ0v) is 14.0. The molecule has 0 spiro atoms. The van der Waals surface area contributed by atoms with Crippen molar-refractivity contribution in [3.63, 3.8) is 0 Å². The number of hydrogen-bond donors (Lipinski definition) is 0. The summed E-state index contributed by atoms with van der Waals surface area (Å²) in [5.41, 5.74) is 0.925. The van der Waals surface area contributed by atoms with Gasteiger partial charge in [-0.2, -0.15) is 5.10 Å². The molecular weight excluding hydrogens is 365 g/mol. The molecule has 0 amide bonds. The predicted molar refractivity (Wildman–Crippen MR) is 87.0 cm³/mol. The predicted octanol–water partition coefficient (Wildman–Crippen LogP) is 4.13. The maximum absolute atomic E-state index is 13.7. The monoisotopic (exact) mass is 377 g/mol. The van der Waals surface area contributed by atoms with E-state index in [2.05, 4.69) is 26.0 Å². The fraction of sp³-hybridized carbons (Fsp3) is 0.188. The summed E-state index contributed by atoms with van der Waals surface area (Å²) in [5, 5.41) is 4.97. The maximum Gasteiger partial charge on any atom is 0.345 e. The molecule has 1 aromatic carbocycles. The van der Waals surface area contributed by atoms with Gasteiger partial charge in [-0.1, -0.05) is 15.9 Å². The average Bonchev–Trinajstić information content (AvgIpc) is 2.93. The van der Waals surface area contributed by atoms with Crippen LogP contribution in [-0.4, -0.2) is 20.7 Å². The van der Waals surface area contributed by atoms with E-state index in [4.69, 9.17) is 4.74 Å². The average molecular weight is 378 g/mol. The van der Waals surface area contributed by atoms with Crippen LogP contribution in [0, 0.1) is 5.82 Å². The molecule has 7 heteroatoms. The second-order valence-corrected chi connectivity index (χ2v) is 6.20. The van der Waals surface area contributed by atoms with Gasteiger partial charge >= 0.3 is 5.97 Å². The zero-order chi connectivity index (χ0) is 16.6. The number of rotatable bonds is 3. The Kier molecular flexibility index (Phi) is 4.12. The number of nitrogens with zero attached hydrogens (tertiary/aromatic N) is 3. The number of esters is 1. The number of aromatic nitrogens is 3. The lowest BCUT2D eigenvalue weighted by Crippen LogP contribution is -2.10. The van der Waals surface area contributed by atoms with Gasteiger partial charge in [-0.3, -0.25) is 0 Å². The van der Waals surface area contributed by atoms with E-state index in [-0.39, 0.29) is 17.4 Å². The number of ether oxygens (including phenoxy) is 1. The van der Waals surface area contributed by atoms with Crippen LogP contribution >= 0.6 is 15.9 Å². The van der Waals surface area contributed by atoms with E-state index in [0.29, 0.717) is 10.1 Å². The first-order chi connectivity index (χ1) is 11.0. The molecule has 0 saturated heterocycles. The van der Waals surface area contributed by atoms with Gasteiger partial charge in [0.25, 0.3) is 0 Å². The van der Waals surface area contributed by atoms with Gasteiger partial charge in [0, 0.05) is 22.1 Å². The van der Waals surface area contributed by atoms with Crippen LogP contribution in [0.2, 0.25) is 0 Å². The standard InChI is InChI=1S/C16H13BrFN3O2/c1-9(2)21-15-10(8-20-21)5-11(7-19-15)16(22)23-14-4-3-12(17)6-13(14)18/h3-9H,1-2H3. The van der Waals surface area contributed by atoms with Gasteiger partial charge in [0.1, 0.15) is 0 Å². The van der Waals surface area contributed by atoms with Crippen molar-refractivity contribution in [2.45, 2.75) is 19.9 Å². The SMILES string of the molecule is CC(C)n1ncc2cc(C(=O)Oc3ccc(Br)cc3F)cnc21. The third-order valence-corrected chi connectivity index (χ3v) is 3.75. The number of carbonyl (C=O) groups excluding carboxylic acids is 1. The van der Waals surface area contributed by atoms with Crippen molar-refractivity contribution in [1.29, 1.82) is 0 Å². The molecule has 0 unspecified atom stereocenters. The lowest BCUT2D eigenvalue weighted by molar-refractivity contribution is 0.0727. The number of benzene rings is 1. The van der Waals surface area contributed by atoms with Crippen molar-refractivity contribution in [2.75, 3.05) is 0 Å². The maximum atomic E-state index is 13.7. The summed E-state index contributed by atoms with van der Waals surface area (Å²) in [5.74, 6) is -1.41. The minimum Gasteiger partial charge on any atom is -0.420 e. The molecule has 0 radical (unpaired) electrons. The molecule has 3 aromatic rings. The Balaban J connectivity index is 1.89. The Bertz CT molecular complexity index is 892. The topological polar surface area (TPSA) is 57.0 Å². The number of pyridine rings is 1. The van der Waals surface area contributed by atoms with Gasteiger partial charge in [0.15, 0.2) is 17.2 Å². The fourth-order valence-electron chi connectivity index (χ4n) is 2.15. The first-order valence-corrected chi connectivity index (χ1v) is 7.75. The van der Waals surface area contributed by atoms with Crippen molar-refractivity contribution in [2.24, 2.45) is 0 Å². The van der Waals surface area contributed by atoms with Crippen LogP contribution in [0.15, 0.2) is 41.1 Å². The quantitative estimate of drug-likeness (QED) is 0.508. The molecule has 0 N–H and O–H groups in total. The highest BCUT2D eigenvalue weighted by Crippen LogP contribution is 2.23.